The molecule has 19 heavy (non-hydrogen) atoms. The van der Waals surface area contributed by atoms with E-state index in [1.165, 1.54) is 55.4 Å². The molecule has 0 N–H and O–H groups in total. The summed E-state index contributed by atoms with van der Waals surface area (Å²) in [6.45, 7) is 0. The summed E-state index contributed by atoms with van der Waals surface area (Å²) in [6, 6.07) is 2.21. The molecule has 1 saturated carbocycles. The van der Waals surface area contributed by atoms with Gasteiger partial charge < -0.3 is 0 Å². The maximum Gasteiger partial charge on any atom is 0.143 e. The summed E-state index contributed by atoms with van der Waals surface area (Å²) in [6.07, 6.45) is 12.4. The van der Waals surface area contributed by atoms with Gasteiger partial charge in [0.1, 0.15) is 5.78 Å². The SMILES string of the molecule is O=C(C1CCCCCCC1)C1CCCc2sccc21. The lowest BCUT2D eigenvalue weighted by molar-refractivity contribution is -0.125. The topological polar surface area (TPSA) is 17.1 Å². The fourth-order valence-electron chi connectivity index (χ4n) is 3.81. The van der Waals surface area contributed by atoms with Crippen LogP contribution in [0.5, 0.6) is 0 Å². The Morgan fingerprint density at radius 1 is 1.00 bits per heavy atom. The third kappa shape index (κ3) is 2.94. The van der Waals surface area contributed by atoms with Gasteiger partial charge in [0.05, 0.1) is 0 Å². The van der Waals surface area contributed by atoms with E-state index in [2.05, 4.69) is 11.4 Å². The van der Waals surface area contributed by atoms with E-state index in [1.807, 2.05) is 11.3 Å². The van der Waals surface area contributed by atoms with Crippen molar-refractivity contribution >= 4 is 17.1 Å². The average molecular weight is 276 g/mol. The molecule has 1 heterocycles. The van der Waals surface area contributed by atoms with Gasteiger partial charge in [-0.15, -0.1) is 11.3 Å². The third-order valence-corrected chi connectivity index (χ3v) is 5.90. The van der Waals surface area contributed by atoms with Gasteiger partial charge in [0.25, 0.3) is 0 Å². The average Bonchev–Trinajstić information content (AvgIpc) is 2.85. The Labute approximate surface area is 120 Å². The molecule has 0 radical (unpaired) electrons. The highest BCUT2D eigenvalue weighted by atomic mass is 32.1. The molecule has 0 amide bonds. The van der Waals surface area contributed by atoms with Gasteiger partial charge in [0.2, 0.25) is 0 Å². The zero-order valence-corrected chi connectivity index (χ0v) is 12.5. The van der Waals surface area contributed by atoms with Gasteiger partial charge in [-0.3, -0.25) is 4.79 Å². The van der Waals surface area contributed by atoms with Gasteiger partial charge in [-0.05, 0) is 49.1 Å². The van der Waals surface area contributed by atoms with Crippen LogP contribution >= 0.6 is 11.3 Å². The monoisotopic (exact) mass is 276 g/mol. The molecule has 1 atom stereocenters. The molecular weight excluding hydrogens is 252 g/mol. The zero-order valence-electron chi connectivity index (χ0n) is 11.7. The van der Waals surface area contributed by atoms with Gasteiger partial charge >= 0.3 is 0 Å². The van der Waals surface area contributed by atoms with Crippen LogP contribution in [0.1, 0.15) is 74.1 Å². The molecule has 1 fully saturated rings. The van der Waals surface area contributed by atoms with Crippen molar-refractivity contribution in [2.75, 3.05) is 0 Å². The second-order valence-corrected chi connectivity index (χ2v) is 7.19. The second-order valence-electron chi connectivity index (χ2n) is 6.19. The van der Waals surface area contributed by atoms with Crippen LogP contribution in [-0.4, -0.2) is 5.78 Å². The van der Waals surface area contributed by atoms with E-state index in [4.69, 9.17) is 0 Å². The first kappa shape index (κ1) is 13.4. The van der Waals surface area contributed by atoms with E-state index in [9.17, 15) is 4.79 Å². The highest BCUT2D eigenvalue weighted by Gasteiger charge is 2.31. The van der Waals surface area contributed by atoms with Crippen molar-refractivity contribution in [3.63, 3.8) is 0 Å². The number of carbonyl (C=O) groups is 1. The standard InChI is InChI=1S/C17H24OS/c18-17(13-7-4-2-1-3-5-8-13)15-9-6-10-16-14(15)11-12-19-16/h11-13,15H,1-10H2. The largest absolute Gasteiger partial charge is 0.299 e. The van der Waals surface area contributed by atoms with Crippen LogP contribution in [-0.2, 0) is 11.2 Å². The minimum absolute atomic E-state index is 0.236. The predicted octanol–water partition coefficient (Wildman–Crippen LogP) is 5.10. The summed E-state index contributed by atoms with van der Waals surface area (Å²) in [4.78, 5) is 14.4. The minimum Gasteiger partial charge on any atom is -0.299 e. The Morgan fingerprint density at radius 3 is 2.53 bits per heavy atom. The van der Waals surface area contributed by atoms with Crippen molar-refractivity contribution in [3.05, 3.63) is 21.9 Å². The summed E-state index contributed by atoms with van der Waals surface area (Å²) in [5.41, 5.74) is 1.38. The van der Waals surface area contributed by atoms with Crippen LogP contribution < -0.4 is 0 Å². The smallest absolute Gasteiger partial charge is 0.143 e. The van der Waals surface area contributed by atoms with E-state index in [1.54, 1.807) is 0 Å². The number of thiophene rings is 1. The Balaban J connectivity index is 1.73. The van der Waals surface area contributed by atoms with E-state index < -0.39 is 0 Å². The Bertz CT molecular complexity index is 426. The van der Waals surface area contributed by atoms with Gasteiger partial charge in [-0.25, -0.2) is 0 Å². The minimum atomic E-state index is 0.236. The van der Waals surface area contributed by atoms with Crippen molar-refractivity contribution in [1.82, 2.24) is 0 Å². The molecule has 0 spiro atoms. The van der Waals surface area contributed by atoms with Crippen molar-refractivity contribution in [1.29, 1.82) is 0 Å². The Morgan fingerprint density at radius 2 is 1.74 bits per heavy atom. The number of carbonyl (C=O) groups excluding carboxylic acids is 1. The normalized spacial score (nSPS) is 25.4. The van der Waals surface area contributed by atoms with Crippen LogP contribution in [0.2, 0.25) is 0 Å². The molecule has 1 aromatic rings. The van der Waals surface area contributed by atoms with Crippen LogP contribution in [0.4, 0.5) is 0 Å². The number of Topliss-reactive ketones (excluding diaryl/α,β-unsaturated/α-hetero) is 1. The lowest BCUT2D eigenvalue weighted by Gasteiger charge is -2.27. The molecule has 0 aliphatic heterocycles. The molecule has 0 saturated heterocycles. The molecular formula is C17H24OS. The fraction of sp³-hybridized carbons (Fsp3) is 0.706. The Hall–Kier alpha value is -0.630. The maximum atomic E-state index is 12.9. The molecule has 3 rings (SSSR count). The summed E-state index contributed by atoms with van der Waals surface area (Å²) < 4.78 is 0. The van der Waals surface area contributed by atoms with Crippen LogP contribution in [0, 0.1) is 5.92 Å². The molecule has 1 aromatic heterocycles. The van der Waals surface area contributed by atoms with Crippen molar-refractivity contribution < 1.29 is 4.79 Å². The molecule has 2 aliphatic carbocycles. The summed E-state index contributed by atoms with van der Waals surface area (Å²) in [7, 11) is 0. The van der Waals surface area contributed by atoms with E-state index in [0.29, 0.717) is 11.7 Å². The molecule has 1 nitrogen and oxygen atoms in total. The van der Waals surface area contributed by atoms with Crippen LogP contribution in [0.3, 0.4) is 0 Å². The highest BCUT2D eigenvalue weighted by molar-refractivity contribution is 7.10. The number of hydrogen-bond acceptors (Lipinski definition) is 2. The first-order valence-electron chi connectivity index (χ1n) is 7.96. The van der Waals surface area contributed by atoms with Crippen LogP contribution in [0.15, 0.2) is 11.4 Å². The van der Waals surface area contributed by atoms with E-state index in [0.717, 1.165) is 19.3 Å². The highest BCUT2D eigenvalue weighted by Crippen LogP contribution is 2.38. The Kier molecular flexibility index (Phi) is 4.37. The van der Waals surface area contributed by atoms with Crippen molar-refractivity contribution in [3.8, 4) is 0 Å². The zero-order chi connectivity index (χ0) is 13.1. The molecule has 2 heteroatoms. The number of aryl methyl sites for hydroxylation is 1. The molecule has 104 valence electrons. The van der Waals surface area contributed by atoms with E-state index in [-0.39, 0.29) is 5.92 Å². The number of rotatable bonds is 2. The first-order valence-corrected chi connectivity index (χ1v) is 8.84. The van der Waals surface area contributed by atoms with Crippen LogP contribution in [0.25, 0.3) is 0 Å². The lowest BCUT2D eigenvalue weighted by Crippen LogP contribution is -2.25. The lowest BCUT2D eigenvalue weighted by atomic mass is 9.77. The molecule has 0 aromatic carbocycles. The number of hydrogen-bond donors (Lipinski definition) is 0. The predicted molar refractivity (Wildman–Crippen MR) is 80.8 cm³/mol. The quantitative estimate of drug-likeness (QED) is 0.734. The molecule has 2 aliphatic rings. The third-order valence-electron chi connectivity index (χ3n) is 4.90. The number of ketones is 1. The van der Waals surface area contributed by atoms with Crippen molar-refractivity contribution in [2.24, 2.45) is 5.92 Å². The van der Waals surface area contributed by atoms with Gasteiger partial charge in [-0.2, -0.15) is 0 Å². The molecule has 1 unspecified atom stereocenters. The molecule has 0 bridgehead atoms. The summed E-state index contributed by atoms with van der Waals surface area (Å²) in [5, 5.41) is 2.17. The second kappa shape index (κ2) is 6.21. The maximum absolute atomic E-state index is 12.9. The summed E-state index contributed by atoms with van der Waals surface area (Å²) in [5.74, 6) is 1.16. The summed E-state index contributed by atoms with van der Waals surface area (Å²) >= 11 is 1.85. The fourth-order valence-corrected chi connectivity index (χ4v) is 4.79. The van der Waals surface area contributed by atoms with Gasteiger partial charge in [-0.1, -0.05) is 32.1 Å². The van der Waals surface area contributed by atoms with E-state index >= 15 is 0 Å². The van der Waals surface area contributed by atoms with Gasteiger partial charge in [0.15, 0.2) is 0 Å². The van der Waals surface area contributed by atoms with Crippen molar-refractivity contribution in [2.45, 2.75) is 70.1 Å². The first-order chi connectivity index (χ1) is 9.36. The number of fused-ring (bicyclic) bond motifs is 1. The van der Waals surface area contributed by atoms with Gasteiger partial charge in [0, 0.05) is 16.7 Å².